The van der Waals surface area contributed by atoms with Crippen LogP contribution in [-0.4, -0.2) is 18.9 Å². The zero-order valence-electron chi connectivity index (χ0n) is 12.2. The minimum atomic E-state index is -0.167. The van der Waals surface area contributed by atoms with Crippen LogP contribution in [0.1, 0.15) is 55.5 Å². The summed E-state index contributed by atoms with van der Waals surface area (Å²) in [5.41, 5.74) is 1.98. The lowest BCUT2D eigenvalue weighted by Gasteiger charge is -2.36. The first-order valence-electron chi connectivity index (χ1n) is 7.56. The van der Waals surface area contributed by atoms with Crippen molar-refractivity contribution >= 4 is 5.78 Å². The van der Waals surface area contributed by atoms with E-state index in [0.717, 1.165) is 50.8 Å². The number of benzene rings is 1. The molecule has 2 heteroatoms. The molecule has 0 aromatic heterocycles. The maximum Gasteiger partial charge on any atom is 0.170 e. The van der Waals surface area contributed by atoms with Crippen LogP contribution in [0, 0.1) is 5.41 Å². The van der Waals surface area contributed by atoms with E-state index in [-0.39, 0.29) is 5.41 Å². The summed E-state index contributed by atoms with van der Waals surface area (Å²) in [5.74, 6) is 0.344. The fraction of sp³-hybridized carbons (Fsp3) is 0.588. The van der Waals surface area contributed by atoms with E-state index in [9.17, 15) is 4.79 Å². The Balaban J connectivity index is 2.27. The largest absolute Gasteiger partial charge is 0.316 e. The first-order chi connectivity index (χ1) is 9.22. The summed E-state index contributed by atoms with van der Waals surface area (Å²) < 4.78 is 0. The van der Waals surface area contributed by atoms with Gasteiger partial charge in [-0.25, -0.2) is 0 Å². The molecule has 0 radical (unpaired) electrons. The van der Waals surface area contributed by atoms with Crippen molar-refractivity contribution in [1.29, 1.82) is 0 Å². The molecule has 1 unspecified atom stereocenters. The molecule has 1 N–H and O–H groups in total. The summed E-state index contributed by atoms with van der Waals surface area (Å²) in [4.78, 5) is 12.9. The van der Waals surface area contributed by atoms with Gasteiger partial charge in [-0.1, -0.05) is 38.5 Å². The Morgan fingerprint density at radius 1 is 1.37 bits per heavy atom. The summed E-state index contributed by atoms with van der Waals surface area (Å²) in [6, 6.07) is 8.17. The third kappa shape index (κ3) is 3.06. The number of aryl methyl sites for hydroxylation is 1. The van der Waals surface area contributed by atoms with Gasteiger partial charge in [0.1, 0.15) is 0 Å². The van der Waals surface area contributed by atoms with Gasteiger partial charge in [0.25, 0.3) is 0 Å². The van der Waals surface area contributed by atoms with Gasteiger partial charge in [0.15, 0.2) is 5.78 Å². The summed E-state index contributed by atoms with van der Waals surface area (Å²) >= 11 is 0. The van der Waals surface area contributed by atoms with E-state index in [2.05, 4.69) is 31.3 Å². The summed E-state index contributed by atoms with van der Waals surface area (Å²) in [5, 5.41) is 3.42. The van der Waals surface area contributed by atoms with Gasteiger partial charge >= 0.3 is 0 Å². The molecular formula is C17H25NO. The molecule has 0 aliphatic carbocycles. The number of carbonyl (C=O) groups excluding carboxylic acids is 1. The fourth-order valence-corrected chi connectivity index (χ4v) is 3.21. The third-order valence-electron chi connectivity index (χ3n) is 4.28. The van der Waals surface area contributed by atoms with Crippen LogP contribution < -0.4 is 5.32 Å². The fourth-order valence-electron chi connectivity index (χ4n) is 3.21. The van der Waals surface area contributed by atoms with Crippen LogP contribution in [-0.2, 0) is 6.42 Å². The molecule has 2 rings (SSSR count). The summed E-state index contributed by atoms with van der Waals surface area (Å²) in [6.07, 6.45) is 5.19. The van der Waals surface area contributed by atoms with Crippen molar-refractivity contribution in [3.8, 4) is 0 Å². The SMILES string of the molecule is CCCC1(C(=O)c2cccc(CC)c2)CCCNC1. The Labute approximate surface area is 116 Å². The van der Waals surface area contributed by atoms with Gasteiger partial charge < -0.3 is 5.32 Å². The summed E-state index contributed by atoms with van der Waals surface area (Å²) in [7, 11) is 0. The van der Waals surface area contributed by atoms with Crippen LogP contribution >= 0.6 is 0 Å². The number of hydrogen-bond acceptors (Lipinski definition) is 2. The highest BCUT2D eigenvalue weighted by molar-refractivity contribution is 6.01. The van der Waals surface area contributed by atoms with Crippen LogP contribution in [0.4, 0.5) is 0 Å². The molecule has 1 atom stereocenters. The highest BCUT2D eigenvalue weighted by atomic mass is 16.1. The lowest BCUT2D eigenvalue weighted by atomic mass is 9.71. The molecule has 2 nitrogen and oxygen atoms in total. The Kier molecular flexibility index (Phi) is 4.76. The molecule has 19 heavy (non-hydrogen) atoms. The van der Waals surface area contributed by atoms with Gasteiger partial charge in [0.2, 0.25) is 0 Å². The van der Waals surface area contributed by atoms with Crippen molar-refractivity contribution < 1.29 is 4.79 Å². The van der Waals surface area contributed by atoms with Crippen LogP contribution in [0.3, 0.4) is 0 Å². The van der Waals surface area contributed by atoms with Crippen molar-refractivity contribution in [2.75, 3.05) is 13.1 Å². The summed E-state index contributed by atoms with van der Waals surface area (Å²) in [6.45, 7) is 6.20. The van der Waals surface area contributed by atoms with Crippen molar-refractivity contribution in [3.05, 3.63) is 35.4 Å². The first-order valence-corrected chi connectivity index (χ1v) is 7.56. The predicted octanol–water partition coefficient (Wildman–Crippen LogP) is 3.60. The predicted molar refractivity (Wildman–Crippen MR) is 79.6 cm³/mol. The Morgan fingerprint density at radius 2 is 2.21 bits per heavy atom. The minimum Gasteiger partial charge on any atom is -0.316 e. The number of rotatable bonds is 5. The van der Waals surface area contributed by atoms with E-state index in [1.807, 2.05) is 12.1 Å². The maximum atomic E-state index is 12.9. The Bertz CT molecular complexity index is 427. The maximum absolute atomic E-state index is 12.9. The lowest BCUT2D eigenvalue weighted by molar-refractivity contribution is 0.0718. The molecule has 1 saturated heterocycles. The van der Waals surface area contributed by atoms with E-state index in [1.54, 1.807) is 0 Å². The molecule has 1 aromatic carbocycles. The average molecular weight is 259 g/mol. The van der Waals surface area contributed by atoms with E-state index >= 15 is 0 Å². The molecule has 0 bridgehead atoms. The number of nitrogens with one attached hydrogen (secondary N) is 1. The molecule has 0 saturated carbocycles. The topological polar surface area (TPSA) is 29.1 Å². The molecular weight excluding hydrogens is 234 g/mol. The first kappa shape index (κ1) is 14.3. The van der Waals surface area contributed by atoms with Crippen LogP contribution in [0.25, 0.3) is 0 Å². The van der Waals surface area contributed by atoms with Crippen molar-refractivity contribution in [2.24, 2.45) is 5.41 Å². The zero-order chi connectivity index (χ0) is 13.7. The molecule has 1 aliphatic heterocycles. The highest BCUT2D eigenvalue weighted by Crippen LogP contribution is 2.35. The Morgan fingerprint density at radius 3 is 2.84 bits per heavy atom. The van der Waals surface area contributed by atoms with Crippen LogP contribution in [0.5, 0.6) is 0 Å². The molecule has 104 valence electrons. The lowest BCUT2D eigenvalue weighted by Crippen LogP contribution is -2.45. The van der Waals surface area contributed by atoms with Crippen molar-refractivity contribution in [2.45, 2.75) is 46.0 Å². The second kappa shape index (κ2) is 6.33. The van der Waals surface area contributed by atoms with E-state index in [0.29, 0.717) is 5.78 Å². The molecule has 0 amide bonds. The molecule has 1 heterocycles. The number of hydrogen-bond donors (Lipinski definition) is 1. The molecule has 1 aliphatic rings. The van der Waals surface area contributed by atoms with Gasteiger partial charge in [-0.2, -0.15) is 0 Å². The standard InChI is InChI=1S/C17H25NO/c1-3-9-17(10-6-11-18-13-17)16(19)15-8-5-7-14(4-2)12-15/h5,7-8,12,18H,3-4,6,9-11,13H2,1-2H3. The normalized spacial score (nSPS) is 23.3. The smallest absolute Gasteiger partial charge is 0.170 e. The van der Waals surface area contributed by atoms with Gasteiger partial charge in [-0.3, -0.25) is 4.79 Å². The zero-order valence-corrected chi connectivity index (χ0v) is 12.2. The van der Waals surface area contributed by atoms with E-state index in [4.69, 9.17) is 0 Å². The van der Waals surface area contributed by atoms with E-state index < -0.39 is 0 Å². The molecule has 1 fully saturated rings. The minimum absolute atomic E-state index is 0.167. The third-order valence-corrected chi connectivity index (χ3v) is 4.28. The van der Waals surface area contributed by atoms with Crippen LogP contribution in [0.2, 0.25) is 0 Å². The number of carbonyl (C=O) groups is 1. The second-order valence-electron chi connectivity index (χ2n) is 5.69. The van der Waals surface area contributed by atoms with Crippen molar-refractivity contribution in [3.63, 3.8) is 0 Å². The van der Waals surface area contributed by atoms with Gasteiger partial charge in [0.05, 0.1) is 0 Å². The Hall–Kier alpha value is -1.15. The number of piperidine rings is 1. The quantitative estimate of drug-likeness (QED) is 0.819. The number of Topliss-reactive ketones (excluding diaryl/α,β-unsaturated/α-hetero) is 1. The van der Waals surface area contributed by atoms with Crippen molar-refractivity contribution in [1.82, 2.24) is 5.32 Å². The van der Waals surface area contributed by atoms with Crippen LogP contribution in [0.15, 0.2) is 24.3 Å². The number of ketones is 1. The van der Waals surface area contributed by atoms with Gasteiger partial charge in [0, 0.05) is 17.5 Å². The van der Waals surface area contributed by atoms with E-state index in [1.165, 1.54) is 5.56 Å². The van der Waals surface area contributed by atoms with Gasteiger partial charge in [-0.15, -0.1) is 0 Å². The average Bonchev–Trinajstić information content (AvgIpc) is 2.48. The van der Waals surface area contributed by atoms with Gasteiger partial charge in [-0.05, 0) is 43.9 Å². The molecule has 1 aromatic rings. The highest BCUT2D eigenvalue weighted by Gasteiger charge is 2.38. The molecule has 0 spiro atoms. The monoisotopic (exact) mass is 259 g/mol. The second-order valence-corrected chi connectivity index (χ2v) is 5.69.